The van der Waals surface area contributed by atoms with Gasteiger partial charge in [0.25, 0.3) is 11.5 Å². The van der Waals surface area contributed by atoms with E-state index in [9.17, 15) is 14.4 Å². The summed E-state index contributed by atoms with van der Waals surface area (Å²) in [6.07, 6.45) is 1.41. The minimum atomic E-state index is -0.560. The lowest BCUT2D eigenvalue weighted by molar-refractivity contribution is -0.147. The SMILES string of the molecule is CC(C)OC(=O)CC(NC(=O)c1ccc(Cn2ccccc2=O)o1)c1ccccc1. The molecule has 0 fully saturated rings. The highest BCUT2D eigenvalue weighted by Crippen LogP contribution is 2.19. The number of esters is 1. The summed E-state index contributed by atoms with van der Waals surface area (Å²) in [5, 5.41) is 2.84. The first-order valence-electron chi connectivity index (χ1n) is 9.72. The Kier molecular flexibility index (Phi) is 6.85. The normalized spacial score (nSPS) is 11.8. The molecule has 2 heterocycles. The van der Waals surface area contributed by atoms with E-state index in [1.54, 1.807) is 44.3 Å². The van der Waals surface area contributed by atoms with Crippen molar-refractivity contribution in [3.8, 4) is 0 Å². The fraction of sp³-hybridized carbons (Fsp3) is 0.261. The Hall–Kier alpha value is -3.61. The number of carbonyl (C=O) groups is 2. The second-order valence-electron chi connectivity index (χ2n) is 7.11. The first-order chi connectivity index (χ1) is 14.4. The zero-order valence-electron chi connectivity index (χ0n) is 16.9. The van der Waals surface area contributed by atoms with E-state index in [1.807, 2.05) is 30.3 Å². The second-order valence-corrected chi connectivity index (χ2v) is 7.11. The number of rotatable bonds is 8. The van der Waals surface area contributed by atoms with Crippen LogP contribution in [0.3, 0.4) is 0 Å². The van der Waals surface area contributed by atoms with Gasteiger partial charge in [-0.25, -0.2) is 0 Å². The molecule has 7 heteroatoms. The Morgan fingerprint density at radius 3 is 2.47 bits per heavy atom. The molecule has 1 aromatic carbocycles. The molecule has 1 N–H and O–H groups in total. The fourth-order valence-corrected chi connectivity index (χ4v) is 2.99. The fourth-order valence-electron chi connectivity index (χ4n) is 2.99. The van der Waals surface area contributed by atoms with Gasteiger partial charge < -0.3 is 19.0 Å². The Labute approximate surface area is 174 Å². The molecule has 0 saturated heterocycles. The van der Waals surface area contributed by atoms with Crippen molar-refractivity contribution in [1.29, 1.82) is 0 Å². The van der Waals surface area contributed by atoms with Gasteiger partial charge in [0.05, 0.1) is 25.1 Å². The van der Waals surface area contributed by atoms with Gasteiger partial charge in [-0.2, -0.15) is 0 Å². The van der Waals surface area contributed by atoms with Crippen LogP contribution in [0.15, 0.2) is 76.1 Å². The summed E-state index contributed by atoms with van der Waals surface area (Å²) in [6, 6.07) is 16.7. The van der Waals surface area contributed by atoms with Gasteiger partial charge in [-0.1, -0.05) is 36.4 Å². The zero-order chi connectivity index (χ0) is 21.5. The first-order valence-corrected chi connectivity index (χ1v) is 9.72. The van der Waals surface area contributed by atoms with Crippen LogP contribution >= 0.6 is 0 Å². The quantitative estimate of drug-likeness (QED) is 0.578. The molecule has 1 amide bonds. The summed E-state index contributed by atoms with van der Waals surface area (Å²) in [7, 11) is 0. The van der Waals surface area contributed by atoms with Gasteiger partial charge in [-0.05, 0) is 37.6 Å². The van der Waals surface area contributed by atoms with E-state index in [0.717, 1.165) is 5.56 Å². The predicted molar refractivity (Wildman–Crippen MR) is 111 cm³/mol. The van der Waals surface area contributed by atoms with Gasteiger partial charge in [-0.15, -0.1) is 0 Å². The van der Waals surface area contributed by atoms with Crippen molar-refractivity contribution in [2.45, 2.75) is 39.0 Å². The van der Waals surface area contributed by atoms with E-state index in [0.29, 0.717) is 5.76 Å². The van der Waals surface area contributed by atoms with Gasteiger partial charge >= 0.3 is 5.97 Å². The van der Waals surface area contributed by atoms with Crippen LogP contribution in [-0.2, 0) is 16.1 Å². The average Bonchev–Trinajstić information content (AvgIpc) is 3.18. The molecule has 0 bridgehead atoms. The van der Waals surface area contributed by atoms with Gasteiger partial charge in [-0.3, -0.25) is 14.4 Å². The van der Waals surface area contributed by atoms with Crippen LogP contribution in [0.25, 0.3) is 0 Å². The van der Waals surface area contributed by atoms with Crippen LogP contribution in [0.5, 0.6) is 0 Å². The van der Waals surface area contributed by atoms with Gasteiger partial charge in [0.15, 0.2) is 5.76 Å². The van der Waals surface area contributed by atoms with Crippen molar-refractivity contribution in [2.75, 3.05) is 0 Å². The molecule has 0 aliphatic heterocycles. The maximum Gasteiger partial charge on any atom is 0.308 e. The Morgan fingerprint density at radius 2 is 1.77 bits per heavy atom. The number of ether oxygens (including phenoxy) is 1. The molecule has 1 atom stereocenters. The molecule has 156 valence electrons. The summed E-state index contributed by atoms with van der Waals surface area (Å²) in [5.74, 6) is -0.272. The van der Waals surface area contributed by atoms with Crippen molar-refractivity contribution >= 4 is 11.9 Å². The van der Waals surface area contributed by atoms with E-state index in [-0.39, 0.29) is 30.4 Å². The third-order valence-electron chi connectivity index (χ3n) is 4.36. The molecule has 0 radical (unpaired) electrons. The number of amides is 1. The van der Waals surface area contributed by atoms with E-state index in [2.05, 4.69) is 5.32 Å². The number of carbonyl (C=O) groups excluding carboxylic acids is 2. The average molecular weight is 408 g/mol. The number of nitrogens with one attached hydrogen (secondary N) is 1. The summed E-state index contributed by atoms with van der Waals surface area (Å²) in [5.41, 5.74) is 0.627. The molecule has 2 aromatic heterocycles. The van der Waals surface area contributed by atoms with Gasteiger partial charge in [0, 0.05) is 12.3 Å². The third-order valence-corrected chi connectivity index (χ3v) is 4.36. The molecule has 0 spiro atoms. The molecule has 0 saturated carbocycles. The molecule has 3 rings (SSSR count). The monoisotopic (exact) mass is 408 g/mol. The Balaban J connectivity index is 1.72. The molecule has 3 aromatic rings. The number of hydrogen-bond acceptors (Lipinski definition) is 5. The number of hydrogen-bond donors (Lipinski definition) is 1. The summed E-state index contributed by atoms with van der Waals surface area (Å²) < 4.78 is 12.3. The van der Waals surface area contributed by atoms with Crippen LogP contribution in [0.4, 0.5) is 0 Å². The summed E-state index contributed by atoms with van der Waals surface area (Å²) in [6.45, 7) is 3.77. The van der Waals surface area contributed by atoms with E-state index >= 15 is 0 Å². The Morgan fingerprint density at radius 1 is 1.03 bits per heavy atom. The van der Waals surface area contributed by atoms with Crippen molar-refractivity contribution in [2.24, 2.45) is 0 Å². The van der Waals surface area contributed by atoms with E-state index in [1.165, 1.54) is 10.6 Å². The number of pyridine rings is 1. The highest BCUT2D eigenvalue weighted by atomic mass is 16.5. The van der Waals surface area contributed by atoms with Gasteiger partial charge in [0.2, 0.25) is 0 Å². The van der Waals surface area contributed by atoms with Crippen molar-refractivity contribution in [3.63, 3.8) is 0 Å². The topological polar surface area (TPSA) is 90.5 Å². The maximum absolute atomic E-state index is 12.7. The van der Waals surface area contributed by atoms with Crippen LogP contribution in [0.2, 0.25) is 0 Å². The van der Waals surface area contributed by atoms with Crippen LogP contribution in [0.1, 0.15) is 48.2 Å². The molecule has 30 heavy (non-hydrogen) atoms. The Bertz CT molecular complexity index is 1050. The number of aromatic nitrogens is 1. The lowest BCUT2D eigenvalue weighted by Gasteiger charge is -2.19. The third kappa shape index (κ3) is 5.70. The standard InChI is InChI=1S/C23H24N2O5/c1-16(2)29-22(27)14-19(17-8-4-3-5-9-17)24-23(28)20-12-11-18(30-20)15-25-13-7-6-10-21(25)26/h3-13,16,19H,14-15H2,1-2H3,(H,24,28). The summed E-state index contributed by atoms with van der Waals surface area (Å²) >= 11 is 0. The summed E-state index contributed by atoms with van der Waals surface area (Å²) in [4.78, 5) is 36.7. The van der Waals surface area contributed by atoms with E-state index in [4.69, 9.17) is 9.15 Å². The van der Waals surface area contributed by atoms with Gasteiger partial charge in [0.1, 0.15) is 5.76 Å². The zero-order valence-corrected chi connectivity index (χ0v) is 16.9. The lowest BCUT2D eigenvalue weighted by atomic mass is 10.0. The van der Waals surface area contributed by atoms with Crippen LogP contribution < -0.4 is 10.9 Å². The van der Waals surface area contributed by atoms with Crippen molar-refractivity contribution in [3.05, 3.63) is 94.3 Å². The van der Waals surface area contributed by atoms with Crippen molar-refractivity contribution < 1.29 is 18.7 Å². The van der Waals surface area contributed by atoms with E-state index < -0.39 is 17.9 Å². The largest absolute Gasteiger partial charge is 0.463 e. The molecule has 0 aliphatic rings. The highest BCUT2D eigenvalue weighted by Gasteiger charge is 2.22. The van der Waals surface area contributed by atoms with Crippen LogP contribution in [-0.4, -0.2) is 22.5 Å². The molecular weight excluding hydrogens is 384 g/mol. The smallest absolute Gasteiger partial charge is 0.308 e. The molecule has 7 nitrogen and oxygen atoms in total. The maximum atomic E-state index is 12.7. The predicted octanol–water partition coefficient (Wildman–Crippen LogP) is 3.30. The van der Waals surface area contributed by atoms with Crippen LogP contribution in [0, 0.1) is 0 Å². The minimum absolute atomic E-state index is 0.000901. The molecule has 1 unspecified atom stereocenters. The minimum Gasteiger partial charge on any atom is -0.463 e. The number of nitrogens with zero attached hydrogens (tertiary/aromatic N) is 1. The second kappa shape index (κ2) is 9.73. The highest BCUT2D eigenvalue weighted by molar-refractivity contribution is 5.92. The lowest BCUT2D eigenvalue weighted by Crippen LogP contribution is -2.30. The number of benzene rings is 1. The number of furan rings is 1. The molecular formula is C23H24N2O5. The first kappa shape index (κ1) is 21.1. The van der Waals surface area contributed by atoms with Crippen molar-refractivity contribution in [1.82, 2.24) is 9.88 Å². The molecule has 0 aliphatic carbocycles.